The molecule has 6 heteroatoms. The highest BCUT2D eigenvalue weighted by Crippen LogP contribution is 2.28. The second kappa shape index (κ2) is 6.95. The fraction of sp³-hybridized carbons (Fsp3) is 0.125. The van der Waals surface area contributed by atoms with E-state index in [0.717, 1.165) is 0 Å². The minimum Gasteiger partial charge on any atom is -0.478 e. The van der Waals surface area contributed by atoms with E-state index in [-0.39, 0.29) is 11.3 Å². The number of rotatable bonds is 5. The van der Waals surface area contributed by atoms with Gasteiger partial charge in [0.1, 0.15) is 17.1 Å². The lowest BCUT2D eigenvalue weighted by molar-refractivity contribution is 0.0526. The Bertz CT molecular complexity index is 694. The van der Waals surface area contributed by atoms with E-state index >= 15 is 0 Å². The average molecular weight is 321 g/mol. The quantitative estimate of drug-likeness (QED) is 0.843. The van der Waals surface area contributed by atoms with Gasteiger partial charge in [-0.2, -0.15) is 0 Å². The van der Waals surface area contributed by atoms with Crippen molar-refractivity contribution in [3.63, 3.8) is 0 Å². The van der Waals surface area contributed by atoms with Gasteiger partial charge in [-0.3, -0.25) is 0 Å². The Kier molecular flexibility index (Phi) is 5.01. The molecule has 0 amide bonds. The van der Waals surface area contributed by atoms with Crippen LogP contribution in [0, 0.1) is 0 Å². The molecule has 0 aliphatic carbocycles. The first-order chi connectivity index (χ1) is 10.5. The fourth-order valence-corrected chi connectivity index (χ4v) is 1.92. The van der Waals surface area contributed by atoms with E-state index in [4.69, 9.17) is 26.2 Å². The third kappa shape index (κ3) is 3.77. The van der Waals surface area contributed by atoms with E-state index in [1.54, 1.807) is 19.1 Å². The van der Waals surface area contributed by atoms with Crippen LogP contribution >= 0.6 is 11.6 Å². The summed E-state index contributed by atoms with van der Waals surface area (Å²) in [4.78, 5) is 22.7. The highest BCUT2D eigenvalue weighted by atomic mass is 35.5. The molecule has 0 saturated carbocycles. The predicted molar refractivity (Wildman–Crippen MR) is 80.9 cm³/mol. The van der Waals surface area contributed by atoms with Gasteiger partial charge in [-0.05, 0) is 43.3 Å². The molecule has 0 spiro atoms. The molecular weight excluding hydrogens is 308 g/mol. The molecule has 2 aromatic carbocycles. The van der Waals surface area contributed by atoms with Crippen LogP contribution in [0.4, 0.5) is 0 Å². The summed E-state index contributed by atoms with van der Waals surface area (Å²) in [5.74, 6) is -1.03. The maximum Gasteiger partial charge on any atom is 0.339 e. The highest BCUT2D eigenvalue weighted by molar-refractivity contribution is 6.30. The van der Waals surface area contributed by atoms with Crippen LogP contribution < -0.4 is 4.74 Å². The molecule has 2 aromatic rings. The Morgan fingerprint density at radius 1 is 1.14 bits per heavy atom. The second-order valence-electron chi connectivity index (χ2n) is 4.29. The Hall–Kier alpha value is -2.53. The Labute approximate surface area is 132 Å². The Balaban J connectivity index is 2.23. The number of halogens is 1. The number of ether oxygens (including phenoxy) is 2. The van der Waals surface area contributed by atoms with E-state index in [0.29, 0.717) is 22.9 Å². The first kappa shape index (κ1) is 15.9. The molecule has 1 N–H and O–H groups in total. The van der Waals surface area contributed by atoms with Crippen LogP contribution in [-0.4, -0.2) is 23.7 Å². The van der Waals surface area contributed by atoms with Crippen molar-refractivity contribution in [1.82, 2.24) is 0 Å². The maximum absolute atomic E-state index is 11.5. The molecule has 0 heterocycles. The molecule has 114 valence electrons. The number of hydrogen-bond acceptors (Lipinski definition) is 4. The van der Waals surface area contributed by atoms with Gasteiger partial charge < -0.3 is 14.6 Å². The molecular formula is C16H13ClO5. The van der Waals surface area contributed by atoms with E-state index in [1.807, 2.05) is 0 Å². The van der Waals surface area contributed by atoms with Crippen molar-refractivity contribution < 1.29 is 24.2 Å². The van der Waals surface area contributed by atoms with E-state index in [9.17, 15) is 9.59 Å². The summed E-state index contributed by atoms with van der Waals surface area (Å²) in [6, 6.07) is 10.5. The Morgan fingerprint density at radius 2 is 1.82 bits per heavy atom. The summed E-state index contributed by atoms with van der Waals surface area (Å²) in [5.41, 5.74) is 0.387. The first-order valence-electron chi connectivity index (χ1n) is 6.49. The van der Waals surface area contributed by atoms with Gasteiger partial charge >= 0.3 is 11.9 Å². The molecule has 0 aromatic heterocycles. The van der Waals surface area contributed by atoms with Crippen LogP contribution in [0.5, 0.6) is 11.5 Å². The van der Waals surface area contributed by atoms with Crippen LogP contribution in [0.15, 0.2) is 42.5 Å². The van der Waals surface area contributed by atoms with Gasteiger partial charge in [0.15, 0.2) is 0 Å². The minimum absolute atomic E-state index is 0.00105. The summed E-state index contributed by atoms with van der Waals surface area (Å²) in [6.07, 6.45) is 0. The maximum atomic E-state index is 11.5. The molecule has 0 unspecified atom stereocenters. The third-order valence-corrected chi connectivity index (χ3v) is 3.00. The number of carbonyl (C=O) groups excluding carboxylic acids is 1. The normalized spacial score (nSPS) is 10.1. The average Bonchev–Trinajstić information content (AvgIpc) is 2.48. The fourth-order valence-electron chi connectivity index (χ4n) is 1.76. The van der Waals surface area contributed by atoms with E-state index in [2.05, 4.69) is 0 Å². The molecule has 22 heavy (non-hydrogen) atoms. The summed E-state index contributed by atoms with van der Waals surface area (Å²) in [7, 11) is 0. The van der Waals surface area contributed by atoms with Gasteiger partial charge in [0.25, 0.3) is 0 Å². The van der Waals surface area contributed by atoms with Gasteiger partial charge in [0, 0.05) is 11.1 Å². The summed E-state index contributed by atoms with van der Waals surface area (Å²) >= 11 is 5.86. The number of aromatic carboxylic acids is 1. The lowest BCUT2D eigenvalue weighted by atomic mass is 10.2. The predicted octanol–water partition coefficient (Wildman–Crippen LogP) is 4.01. The number of hydrogen-bond donors (Lipinski definition) is 1. The van der Waals surface area contributed by atoms with Crippen molar-refractivity contribution >= 4 is 23.5 Å². The number of benzene rings is 2. The van der Waals surface area contributed by atoms with Crippen LogP contribution in [0.25, 0.3) is 0 Å². The van der Waals surface area contributed by atoms with Crippen molar-refractivity contribution in [3.05, 3.63) is 58.6 Å². The minimum atomic E-state index is -1.12. The summed E-state index contributed by atoms with van der Waals surface area (Å²) in [5, 5.41) is 9.49. The lowest BCUT2D eigenvalue weighted by Gasteiger charge is -2.09. The smallest absolute Gasteiger partial charge is 0.339 e. The zero-order valence-electron chi connectivity index (χ0n) is 11.7. The number of carboxylic acid groups (broad SMARTS) is 1. The first-order valence-corrected chi connectivity index (χ1v) is 6.87. The van der Waals surface area contributed by atoms with Gasteiger partial charge in [-0.15, -0.1) is 0 Å². The zero-order valence-corrected chi connectivity index (χ0v) is 12.5. The van der Waals surface area contributed by atoms with E-state index in [1.165, 1.54) is 30.3 Å². The lowest BCUT2D eigenvalue weighted by Crippen LogP contribution is -2.04. The highest BCUT2D eigenvalue weighted by Gasteiger charge is 2.13. The summed E-state index contributed by atoms with van der Waals surface area (Å²) < 4.78 is 10.4. The van der Waals surface area contributed by atoms with Crippen molar-refractivity contribution in [2.45, 2.75) is 6.92 Å². The van der Waals surface area contributed by atoms with Gasteiger partial charge in [-0.25, -0.2) is 9.59 Å². The van der Waals surface area contributed by atoms with Gasteiger partial charge in [-0.1, -0.05) is 11.6 Å². The Morgan fingerprint density at radius 3 is 2.41 bits per heavy atom. The number of carboxylic acids is 1. The number of carbonyl (C=O) groups is 2. The van der Waals surface area contributed by atoms with Crippen molar-refractivity contribution in [3.8, 4) is 11.5 Å². The molecule has 0 fully saturated rings. The largest absolute Gasteiger partial charge is 0.478 e. The van der Waals surface area contributed by atoms with Crippen LogP contribution in [0.2, 0.25) is 5.02 Å². The number of esters is 1. The van der Waals surface area contributed by atoms with Crippen LogP contribution in [0.3, 0.4) is 0 Å². The van der Waals surface area contributed by atoms with Crippen molar-refractivity contribution in [2.24, 2.45) is 0 Å². The van der Waals surface area contributed by atoms with Crippen LogP contribution in [-0.2, 0) is 4.74 Å². The van der Waals surface area contributed by atoms with E-state index < -0.39 is 11.9 Å². The molecule has 0 aliphatic heterocycles. The second-order valence-corrected chi connectivity index (χ2v) is 4.73. The van der Waals surface area contributed by atoms with Gasteiger partial charge in [0.2, 0.25) is 0 Å². The topological polar surface area (TPSA) is 72.8 Å². The monoisotopic (exact) mass is 320 g/mol. The molecule has 0 aliphatic rings. The summed E-state index contributed by atoms with van der Waals surface area (Å²) in [6.45, 7) is 2.02. The zero-order chi connectivity index (χ0) is 16.1. The molecule has 5 nitrogen and oxygen atoms in total. The van der Waals surface area contributed by atoms with Gasteiger partial charge in [0.05, 0.1) is 12.2 Å². The molecule has 0 radical (unpaired) electrons. The molecule has 0 atom stereocenters. The molecule has 0 bridgehead atoms. The molecule has 0 saturated heterocycles. The van der Waals surface area contributed by atoms with Crippen molar-refractivity contribution in [2.75, 3.05) is 6.61 Å². The van der Waals surface area contributed by atoms with Crippen molar-refractivity contribution in [1.29, 1.82) is 0 Å². The standard InChI is InChI=1S/C16H13ClO5/c1-2-21-16(20)10-3-6-12(7-4-10)22-14-9-11(17)5-8-13(14)15(18)19/h3-9H,2H2,1H3,(H,18,19). The third-order valence-electron chi connectivity index (χ3n) is 2.77. The SMILES string of the molecule is CCOC(=O)c1ccc(Oc2cc(Cl)ccc2C(=O)O)cc1. The molecule has 2 rings (SSSR count). The van der Waals surface area contributed by atoms with Crippen LogP contribution in [0.1, 0.15) is 27.6 Å².